The quantitative estimate of drug-likeness (QED) is 0.0735. The van der Waals surface area contributed by atoms with E-state index in [4.69, 9.17) is 55.2 Å². The van der Waals surface area contributed by atoms with Gasteiger partial charge in [-0.2, -0.15) is 0 Å². The Morgan fingerprint density at radius 2 is 0.480 bits per heavy atom. The molecule has 0 aromatic heterocycles. The molecule has 0 atom stereocenters. The fraction of sp³-hybridized carbons (Fsp3) is 0.952. The summed E-state index contributed by atoms with van der Waals surface area (Å²) in [6.07, 6.45) is 79.2. The fourth-order valence-corrected chi connectivity index (χ4v) is 15.5. The van der Waals surface area contributed by atoms with Gasteiger partial charge in [0, 0.05) is 65.3 Å². The first kappa shape index (κ1) is 91.5. The van der Waals surface area contributed by atoms with Crippen molar-refractivity contribution in [2.75, 3.05) is 52.9 Å². The molecule has 12 rings (SSSR count). The van der Waals surface area contributed by atoms with Crippen LogP contribution in [0.3, 0.4) is 0 Å². The van der Waals surface area contributed by atoms with E-state index in [9.17, 15) is 0 Å². The maximum Gasteiger partial charge on any atom is 2.00 e. The van der Waals surface area contributed by atoms with Crippen molar-refractivity contribution in [3.8, 4) is 0 Å². The molecule has 0 bridgehead atoms. The Morgan fingerprint density at radius 1 is 0.265 bits per heavy atom. The van der Waals surface area contributed by atoms with Crippen LogP contribution >= 0.6 is 0 Å². The Labute approximate surface area is 639 Å². The largest absolute Gasteiger partial charge is 2.00 e. The molecule has 14 heteroatoms. The minimum Gasteiger partial charge on any atom is -0.466 e. The van der Waals surface area contributed by atoms with Crippen LogP contribution in [-0.2, 0) is 18.9 Å². The molecule has 0 aromatic carbocycles. The summed E-state index contributed by atoms with van der Waals surface area (Å²) < 4.78 is 19.8. The van der Waals surface area contributed by atoms with Crippen LogP contribution in [0.25, 0.3) is 21.3 Å². The van der Waals surface area contributed by atoms with Crippen molar-refractivity contribution in [1.82, 2.24) is 0 Å². The molecule has 12 aliphatic rings. The Bertz CT molecular complexity index is 1550. The first-order valence-electron chi connectivity index (χ1n) is 43.0. The standard InChI is InChI=1S/4C17H31N2.4C4H8O.2Mg/c4*1-2-3-14-17(18-15-10-6-4-7-11-15)19-16-12-8-5-9-13-16;4*1-2-4-5-3-1;;/h4*15-16H,2-14H2,1H3;4*1-4H2;;/q4*-1;;;;;2*+2/p+1. The molecule has 0 amide bonds. The number of rotatable bonds is 20. The molecule has 12 fully saturated rings. The number of amidine groups is 4. The van der Waals surface area contributed by atoms with Crippen molar-refractivity contribution in [3.63, 3.8) is 0 Å². The van der Waals surface area contributed by atoms with Crippen LogP contribution in [-0.4, -0.2) is 171 Å². The van der Waals surface area contributed by atoms with E-state index in [-0.39, 0.29) is 46.1 Å². The van der Waals surface area contributed by atoms with Crippen molar-refractivity contribution in [2.45, 2.75) is 461 Å². The summed E-state index contributed by atoms with van der Waals surface area (Å²) >= 11 is 0. The van der Waals surface area contributed by atoms with Crippen LogP contribution in [0, 0.1) is 0 Å². The third kappa shape index (κ3) is 49.1. The van der Waals surface area contributed by atoms with E-state index in [1.165, 1.54) is 389 Å². The van der Waals surface area contributed by atoms with Gasteiger partial charge in [-0.25, -0.2) is 0 Å². The van der Waals surface area contributed by atoms with Gasteiger partial charge in [0.2, 0.25) is 0 Å². The van der Waals surface area contributed by atoms with E-state index in [0.29, 0.717) is 48.3 Å². The van der Waals surface area contributed by atoms with Gasteiger partial charge in [-0.3, -0.25) is 5.32 Å². The van der Waals surface area contributed by atoms with E-state index < -0.39 is 0 Å². The van der Waals surface area contributed by atoms with Crippen LogP contribution < -0.4 is 4.99 Å². The van der Waals surface area contributed by atoms with E-state index in [1.807, 2.05) is 0 Å². The molecule has 0 unspecified atom stereocenters. The van der Waals surface area contributed by atoms with Gasteiger partial charge in [0.1, 0.15) is 0 Å². The first-order valence-corrected chi connectivity index (χ1v) is 43.0. The molecule has 98 heavy (non-hydrogen) atoms. The van der Waals surface area contributed by atoms with Crippen molar-refractivity contribution >= 4 is 69.4 Å². The molecule has 0 spiro atoms. The SMILES string of the molecule is C1CCOC1.C1CCOC1.C1CCOC1.C1CCOC1.CCCCC(=NC1CCCCC1)[N-]C1CCCCC1.CCCCC(=NC1CCCCC1)[N-]C1CCCCC1.CCCCC(=NC1CCCCC1)[N-]C1CCCCC1.CCCCC([N-]C1CCCCC1)=[NH+]C1CCCCC1.[Mg+2].[Mg+2]. The second kappa shape index (κ2) is 65.7. The maximum atomic E-state index is 5.07. The topological polar surface area (TPSA) is 144 Å². The van der Waals surface area contributed by atoms with E-state index in [2.05, 4.69) is 32.7 Å². The molecule has 8 saturated carbocycles. The van der Waals surface area contributed by atoms with Crippen LogP contribution in [0.5, 0.6) is 0 Å². The van der Waals surface area contributed by atoms with Gasteiger partial charge in [0.05, 0.1) is 11.9 Å². The number of nitrogens with one attached hydrogen (secondary N) is 1. The van der Waals surface area contributed by atoms with Gasteiger partial charge in [0.15, 0.2) is 0 Å². The van der Waals surface area contributed by atoms with Gasteiger partial charge >= 0.3 is 46.1 Å². The average Bonchev–Trinajstić information content (AvgIpc) is 3.49. The molecule has 12 nitrogen and oxygen atoms in total. The molecular formula is C84H157Mg2N8O4+. The van der Waals surface area contributed by atoms with Gasteiger partial charge < -0.3 is 54.9 Å². The summed E-state index contributed by atoms with van der Waals surface area (Å²) in [5.74, 6) is 4.96. The summed E-state index contributed by atoms with van der Waals surface area (Å²) in [5.41, 5.74) is 0. The molecule has 8 aliphatic carbocycles. The summed E-state index contributed by atoms with van der Waals surface area (Å²) in [4.78, 5) is 18.8. The average molecular weight is 1390 g/mol. The summed E-state index contributed by atoms with van der Waals surface area (Å²) in [6.45, 7) is 17.1. The second-order valence-electron chi connectivity index (χ2n) is 30.8. The number of nitrogens with zero attached hydrogens (tertiary/aromatic N) is 7. The zero-order valence-corrected chi connectivity index (χ0v) is 68.2. The third-order valence-electron chi connectivity index (χ3n) is 21.7. The predicted octanol–water partition coefficient (Wildman–Crippen LogP) is 23.0. The fourth-order valence-electron chi connectivity index (χ4n) is 15.5. The number of hydrogen-bond donors (Lipinski definition) is 1. The van der Waals surface area contributed by atoms with E-state index in [0.717, 1.165) is 72.1 Å². The Hall–Kier alpha value is -0.748. The van der Waals surface area contributed by atoms with Gasteiger partial charge in [0.25, 0.3) is 0 Å². The van der Waals surface area contributed by atoms with Crippen LogP contribution in [0.1, 0.15) is 413 Å². The predicted molar refractivity (Wildman–Crippen MR) is 427 cm³/mol. The minimum absolute atomic E-state index is 0. The third-order valence-corrected chi connectivity index (χ3v) is 21.7. The Balaban J connectivity index is 0.000000307. The van der Waals surface area contributed by atoms with Crippen molar-refractivity contribution < 1.29 is 23.9 Å². The number of hydrogen-bond acceptors (Lipinski definition) is 7. The minimum atomic E-state index is 0. The van der Waals surface area contributed by atoms with Crippen molar-refractivity contribution in [1.29, 1.82) is 0 Å². The van der Waals surface area contributed by atoms with Crippen molar-refractivity contribution in [3.05, 3.63) is 21.3 Å². The summed E-state index contributed by atoms with van der Waals surface area (Å²) in [6, 6.07) is 4.88. The molecule has 4 heterocycles. The van der Waals surface area contributed by atoms with Gasteiger partial charge in [-0.05, 0) is 139 Å². The van der Waals surface area contributed by atoms with Crippen LogP contribution in [0.2, 0.25) is 0 Å². The van der Waals surface area contributed by atoms with Crippen LogP contribution in [0.15, 0.2) is 15.0 Å². The maximum absolute atomic E-state index is 5.07. The first-order chi connectivity index (χ1) is 47.5. The monoisotopic (exact) mass is 1390 g/mol. The van der Waals surface area contributed by atoms with Gasteiger partial charge in [-0.1, -0.05) is 321 Å². The molecule has 4 aliphatic heterocycles. The number of aliphatic imine (C=N–C) groups is 3. The van der Waals surface area contributed by atoms with E-state index >= 15 is 0 Å². The zero-order chi connectivity index (χ0) is 67.5. The second-order valence-corrected chi connectivity index (χ2v) is 30.8. The molecule has 0 radical (unpaired) electrons. The molecule has 4 saturated heterocycles. The number of unbranched alkanes of at least 4 members (excludes halogenated alkanes) is 4. The smallest absolute Gasteiger partial charge is 0.466 e. The molecular weight excluding hydrogens is 1230 g/mol. The number of ether oxygens (including phenoxy) is 4. The van der Waals surface area contributed by atoms with E-state index in [1.54, 1.807) is 0 Å². The Kier molecular flexibility index (Phi) is 61.4. The normalized spacial score (nSPS) is 23.1. The van der Waals surface area contributed by atoms with Crippen LogP contribution in [0.4, 0.5) is 0 Å². The van der Waals surface area contributed by atoms with Gasteiger partial charge in [-0.15, -0.1) is 0 Å². The zero-order valence-electron chi connectivity index (χ0n) is 65.4. The molecule has 560 valence electrons. The Morgan fingerprint density at radius 3 is 0.704 bits per heavy atom. The molecule has 0 aromatic rings. The van der Waals surface area contributed by atoms with Crippen molar-refractivity contribution in [2.24, 2.45) is 15.0 Å². The summed E-state index contributed by atoms with van der Waals surface area (Å²) in [5, 5.41) is 20.1. The molecule has 1 N–H and O–H groups in total. The summed E-state index contributed by atoms with van der Waals surface area (Å²) in [7, 11) is 0.